The van der Waals surface area contributed by atoms with E-state index in [1.165, 1.54) is 6.07 Å². The molecule has 17 heavy (non-hydrogen) atoms. The predicted octanol–water partition coefficient (Wildman–Crippen LogP) is 2.52. The Morgan fingerprint density at radius 3 is 2.41 bits per heavy atom. The van der Waals surface area contributed by atoms with Gasteiger partial charge in [0.15, 0.2) is 11.6 Å². The first kappa shape index (κ1) is 14.1. The van der Waals surface area contributed by atoms with Gasteiger partial charge in [-0.05, 0) is 38.1 Å². The van der Waals surface area contributed by atoms with Crippen molar-refractivity contribution < 1.29 is 8.78 Å². The third-order valence-electron chi connectivity index (χ3n) is 3.53. The smallest absolute Gasteiger partial charge is 0.159 e. The van der Waals surface area contributed by atoms with Crippen molar-refractivity contribution in [3.8, 4) is 0 Å². The van der Waals surface area contributed by atoms with Crippen LogP contribution < -0.4 is 5.73 Å². The van der Waals surface area contributed by atoms with E-state index in [4.69, 9.17) is 5.73 Å². The molecule has 2 nitrogen and oxygen atoms in total. The van der Waals surface area contributed by atoms with Gasteiger partial charge in [0.05, 0.1) is 0 Å². The van der Waals surface area contributed by atoms with Gasteiger partial charge in [0, 0.05) is 18.6 Å². The van der Waals surface area contributed by atoms with E-state index in [0.29, 0.717) is 13.1 Å². The van der Waals surface area contributed by atoms with Crippen molar-refractivity contribution >= 4 is 0 Å². The van der Waals surface area contributed by atoms with Gasteiger partial charge >= 0.3 is 0 Å². The molecule has 0 aliphatic carbocycles. The molecule has 0 spiro atoms. The van der Waals surface area contributed by atoms with Gasteiger partial charge in [-0.1, -0.05) is 13.0 Å². The van der Waals surface area contributed by atoms with Crippen LogP contribution in [0.1, 0.15) is 25.8 Å². The number of halogens is 2. The van der Waals surface area contributed by atoms with Gasteiger partial charge in [-0.15, -0.1) is 0 Å². The zero-order valence-corrected chi connectivity index (χ0v) is 10.6. The highest BCUT2D eigenvalue weighted by atomic mass is 19.2. The van der Waals surface area contributed by atoms with Gasteiger partial charge in [-0.2, -0.15) is 0 Å². The standard InChI is InChI=1S/C13H20F2N2/c1-4-13(2,9-16)17(3)8-10-5-6-11(14)12(15)7-10/h5-7H,4,8-9,16H2,1-3H3. The number of nitrogens with two attached hydrogens (primary N) is 1. The summed E-state index contributed by atoms with van der Waals surface area (Å²) in [5.41, 5.74) is 6.38. The zero-order valence-electron chi connectivity index (χ0n) is 10.6. The molecule has 1 unspecified atom stereocenters. The minimum Gasteiger partial charge on any atom is -0.329 e. The third-order valence-corrected chi connectivity index (χ3v) is 3.53. The van der Waals surface area contributed by atoms with Gasteiger partial charge in [0.2, 0.25) is 0 Å². The lowest BCUT2D eigenvalue weighted by Crippen LogP contribution is -2.48. The van der Waals surface area contributed by atoms with Crippen LogP contribution in [0.5, 0.6) is 0 Å². The predicted molar refractivity (Wildman–Crippen MR) is 65.6 cm³/mol. The van der Waals surface area contributed by atoms with Crippen molar-refractivity contribution in [2.75, 3.05) is 13.6 Å². The highest BCUT2D eigenvalue weighted by Crippen LogP contribution is 2.19. The molecule has 1 aromatic carbocycles. The molecule has 2 N–H and O–H groups in total. The lowest BCUT2D eigenvalue weighted by Gasteiger charge is -2.37. The normalized spacial score (nSPS) is 15.0. The molecule has 0 saturated carbocycles. The van der Waals surface area contributed by atoms with Gasteiger partial charge in [0.1, 0.15) is 0 Å². The van der Waals surface area contributed by atoms with Gasteiger partial charge in [-0.3, -0.25) is 4.90 Å². The molecule has 0 aromatic heterocycles. The minimum absolute atomic E-state index is 0.120. The van der Waals surface area contributed by atoms with Crippen molar-refractivity contribution in [3.63, 3.8) is 0 Å². The molecule has 0 aliphatic heterocycles. The molecule has 1 rings (SSSR count). The van der Waals surface area contributed by atoms with E-state index in [1.807, 2.05) is 7.05 Å². The number of rotatable bonds is 5. The van der Waals surface area contributed by atoms with Crippen molar-refractivity contribution in [2.24, 2.45) is 5.73 Å². The van der Waals surface area contributed by atoms with Crippen molar-refractivity contribution in [1.29, 1.82) is 0 Å². The Hall–Kier alpha value is -1.00. The lowest BCUT2D eigenvalue weighted by atomic mass is 9.96. The van der Waals surface area contributed by atoms with Gasteiger partial charge in [-0.25, -0.2) is 8.78 Å². The molecule has 0 aliphatic rings. The van der Waals surface area contributed by atoms with Crippen molar-refractivity contribution in [2.45, 2.75) is 32.4 Å². The molecular weight excluding hydrogens is 222 g/mol. The summed E-state index contributed by atoms with van der Waals surface area (Å²) in [7, 11) is 1.94. The second kappa shape index (κ2) is 5.56. The maximum atomic E-state index is 13.1. The van der Waals surface area contributed by atoms with Crippen LogP contribution in [-0.2, 0) is 6.54 Å². The lowest BCUT2D eigenvalue weighted by molar-refractivity contribution is 0.131. The maximum absolute atomic E-state index is 13.1. The van der Waals surface area contributed by atoms with E-state index in [9.17, 15) is 8.78 Å². The van der Waals surface area contributed by atoms with Crippen LogP contribution in [0.25, 0.3) is 0 Å². The van der Waals surface area contributed by atoms with E-state index >= 15 is 0 Å². The molecule has 0 amide bonds. The third kappa shape index (κ3) is 3.23. The van der Waals surface area contributed by atoms with Crippen LogP contribution in [0.4, 0.5) is 8.78 Å². The Balaban J connectivity index is 2.80. The topological polar surface area (TPSA) is 29.3 Å². The molecule has 96 valence electrons. The van der Waals surface area contributed by atoms with Crippen LogP contribution in [0.3, 0.4) is 0 Å². The van der Waals surface area contributed by atoms with Crippen LogP contribution >= 0.6 is 0 Å². The monoisotopic (exact) mass is 242 g/mol. The molecular formula is C13H20F2N2. The largest absolute Gasteiger partial charge is 0.329 e. The summed E-state index contributed by atoms with van der Waals surface area (Å²) >= 11 is 0. The van der Waals surface area contributed by atoms with Crippen LogP contribution in [0.2, 0.25) is 0 Å². The fourth-order valence-corrected chi connectivity index (χ4v) is 1.67. The summed E-state index contributed by atoms with van der Waals surface area (Å²) in [6.45, 7) is 5.21. The SMILES string of the molecule is CCC(C)(CN)N(C)Cc1ccc(F)c(F)c1. The maximum Gasteiger partial charge on any atom is 0.159 e. The summed E-state index contributed by atoms with van der Waals surface area (Å²) in [5, 5.41) is 0. The average Bonchev–Trinajstić information content (AvgIpc) is 2.32. The number of benzene rings is 1. The first-order chi connectivity index (χ1) is 7.92. The molecule has 1 aromatic rings. The summed E-state index contributed by atoms with van der Waals surface area (Å²) < 4.78 is 25.9. The molecule has 0 heterocycles. The van der Waals surface area contributed by atoms with Crippen molar-refractivity contribution in [1.82, 2.24) is 4.90 Å². The van der Waals surface area contributed by atoms with Gasteiger partial charge in [0.25, 0.3) is 0 Å². The molecule has 0 fully saturated rings. The second-order valence-corrected chi connectivity index (χ2v) is 4.66. The van der Waals surface area contributed by atoms with E-state index in [2.05, 4.69) is 18.7 Å². The number of hydrogen-bond donors (Lipinski definition) is 1. The minimum atomic E-state index is -0.812. The first-order valence-corrected chi connectivity index (χ1v) is 5.78. The van der Waals surface area contributed by atoms with Crippen LogP contribution in [0, 0.1) is 11.6 Å². The fourth-order valence-electron chi connectivity index (χ4n) is 1.67. The quantitative estimate of drug-likeness (QED) is 0.859. The number of likely N-dealkylation sites (N-methyl/N-ethyl adjacent to an activating group) is 1. The molecule has 1 atom stereocenters. The Morgan fingerprint density at radius 2 is 1.94 bits per heavy atom. The Labute approximate surface area is 101 Å². The van der Waals surface area contributed by atoms with Crippen LogP contribution in [0.15, 0.2) is 18.2 Å². The summed E-state index contributed by atoms with van der Waals surface area (Å²) in [4.78, 5) is 2.07. The number of nitrogens with zero attached hydrogens (tertiary/aromatic N) is 1. The Kier molecular flexibility index (Phi) is 4.60. The van der Waals surface area contributed by atoms with Crippen molar-refractivity contribution in [3.05, 3.63) is 35.4 Å². The number of hydrogen-bond acceptors (Lipinski definition) is 2. The zero-order chi connectivity index (χ0) is 13.1. The summed E-state index contributed by atoms with van der Waals surface area (Å²) in [6.07, 6.45) is 0.906. The van der Waals surface area contributed by atoms with E-state index in [0.717, 1.165) is 18.1 Å². The Morgan fingerprint density at radius 1 is 1.29 bits per heavy atom. The van der Waals surface area contributed by atoms with E-state index in [1.54, 1.807) is 6.07 Å². The molecule has 0 saturated heterocycles. The highest BCUT2D eigenvalue weighted by Gasteiger charge is 2.25. The molecule has 0 radical (unpaired) electrons. The van der Waals surface area contributed by atoms with E-state index < -0.39 is 11.6 Å². The Bertz CT molecular complexity index is 376. The summed E-state index contributed by atoms with van der Waals surface area (Å²) in [5.74, 6) is -1.62. The first-order valence-electron chi connectivity index (χ1n) is 5.78. The van der Waals surface area contributed by atoms with Gasteiger partial charge < -0.3 is 5.73 Å². The average molecular weight is 242 g/mol. The molecule has 4 heteroatoms. The van der Waals surface area contributed by atoms with Crippen LogP contribution in [-0.4, -0.2) is 24.0 Å². The second-order valence-electron chi connectivity index (χ2n) is 4.66. The highest BCUT2D eigenvalue weighted by molar-refractivity contribution is 5.18. The fraction of sp³-hybridized carbons (Fsp3) is 0.538. The molecule has 0 bridgehead atoms. The summed E-state index contributed by atoms with van der Waals surface area (Å²) in [6, 6.07) is 3.99. The van der Waals surface area contributed by atoms with E-state index in [-0.39, 0.29) is 5.54 Å².